The van der Waals surface area contributed by atoms with E-state index in [0.717, 1.165) is 38.0 Å². The minimum atomic E-state index is -0.233. The lowest BCUT2D eigenvalue weighted by molar-refractivity contribution is -0.134. The second-order valence-corrected chi connectivity index (χ2v) is 6.99. The Morgan fingerprint density at radius 2 is 1.79 bits per heavy atom. The van der Waals surface area contributed by atoms with Crippen LogP contribution in [0.15, 0.2) is 24.5 Å². The molecule has 1 saturated heterocycles. The van der Waals surface area contributed by atoms with Crippen LogP contribution >= 0.6 is 0 Å². The number of piperazine rings is 1. The van der Waals surface area contributed by atoms with E-state index in [2.05, 4.69) is 9.88 Å². The average molecular weight is 329 g/mol. The van der Waals surface area contributed by atoms with E-state index < -0.39 is 0 Å². The van der Waals surface area contributed by atoms with E-state index in [9.17, 15) is 9.59 Å². The van der Waals surface area contributed by atoms with Crippen molar-refractivity contribution < 1.29 is 9.59 Å². The molecule has 0 radical (unpaired) electrons. The van der Waals surface area contributed by atoms with Crippen LogP contribution in [0.4, 0.5) is 0 Å². The van der Waals surface area contributed by atoms with Crippen LogP contribution in [0.2, 0.25) is 0 Å². The quantitative estimate of drug-likeness (QED) is 0.779. The number of carbonyl (C=O) groups is 2. The number of aromatic nitrogens is 1. The molecule has 2 aliphatic rings. The zero-order chi connectivity index (χ0) is 16.8. The lowest BCUT2D eigenvalue weighted by Crippen LogP contribution is -2.50. The summed E-state index contributed by atoms with van der Waals surface area (Å²) in [4.78, 5) is 32.2. The fourth-order valence-corrected chi connectivity index (χ4v) is 3.95. The van der Waals surface area contributed by atoms with Crippen molar-refractivity contribution in [3.63, 3.8) is 0 Å². The van der Waals surface area contributed by atoms with Gasteiger partial charge in [0.1, 0.15) is 6.29 Å². The Hall–Kier alpha value is -1.75. The summed E-state index contributed by atoms with van der Waals surface area (Å²) in [6.45, 7) is 2.95. The van der Waals surface area contributed by atoms with Crippen molar-refractivity contribution >= 4 is 12.2 Å². The van der Waals surface area contributed by atoms with Gasteiger partial charge in [0.25, 0.3) is 0 Å². The van der Waals surface area contributed by atoms with Gasteiger partial charge in [0.2, 0.25) is 5.91 Å². The van der Waals surface area contributed by atoms with Gasteiger partial charge < -0.3 is 9.69 Å². The molecule has 1 aliphatic heterocycles. The zero-order valence-electron chi connectivity index (χ0n) is 14.3. The Balaban J connectivity index is 1.51. The Bertz CT molecular complexity index is 535. The van der Waals surface area contributed by atoms with E-state index >= 15 is 0 Å². The molecule has 1 amide bonds. The van der Waals surface area contributed by atoms with Crippen LogP contribution in [-0.4, -0.2) is 53.2 Å². The van der Waals surface area contributed by atoms with Gasteiger partial charge in [0, 0.05) is 45.0 Å². The first-order valence-corrected chi connectivity index (χ1v) is 9.15. The van der Waals surface area contributed by atoms with E-state index in [4.69, 9.17) is 0 Å². The second kappa shape index (κ2) is 8.38. The fourth-order valence-electron chi connectivity index (χ4n) is 3.95. The van der Waals surface area contributed by atoms with Crippen LogP contribution in [0, 0.1) is 5.92 Å². The highest BCUT2D eigenvalue weighted by Crippen LogP contribution is 2.27. The minimum absolute atomic E-state index is 0.233. The number of nitrogens with zero attached hydrogens (tertiary/aromatic N) is 3. The monoisotopic (exact) mass is 329 g/mol. The molecule has 2 fully saturated rings. The van der Waals surface area contributed by atoms with Crippen LogP contribution in [-0.2, 0) is 9.59 Å². The largest absolute Gasteiger partial charge is 0.340 e. The predicted molar refractivity (Wildman–Crippen MR) is 92.4 cm³/mol. The molecule has 0 aromatic carbocycles. The molecule has 3 rings (SSSR count). The molecule has 1 atom stereocenters. The number of pyridine rings is 1. The first-order chi connectivity index (χ1) is 11.8. The normalized spacial score (nSPS) is 21.4. The topological polar surface area (TPSA) is 53.5 Å². The molecule has 5 nitrogen and oxygen atoms in total. The van der Waals surface area contributed by atoms with Gasteiger partial charge in [-0.3, -0.25) is 14.7 Å². The molecular weight excluding hydrogens is 302 g/mol. The van der Waals surface area contributed by atoms with Crippen LogP contribution in [0.3, 0.4) is 0 Å². The molecule has 2 heterocycles. The third kappa shape index (κ3) is 4.20. The summed E-state index contributed by atoms with van der Waals surface area (Å²) in [5.74, 6) is 0.886. The predicted octanol–water partition coefficient (Wildman–Crippen LogP) is 2.44. The van der Waals surface area contributed by atoms with Crippen LogP contribution in [0.5, 0.6) is 0 Å². The number of amides is 1. The molecular formula is C19H27N3O2. The molecule has 1 unspecified atom stereocenters. The highest BCUT2D eigenvalue weighted by atomic mass is 16.2. The Kier molecular flexibility index (Phi) is 5.96. The summed E-state index contributed by atoms with van der Waals surface area (Å²) in [5, 5.41) is 0. The Morgan fingerprint density at radius 3 is 2.42 bits per heavy atom. The lowest BCUT2D eigenvalue weighted by atomic mass is 9.86. The van der Waals surface area contributed by atoms with E-state index in [-0.39, 0.29) is 6.04 Å². The molecule has 1 saturated carbocycles. The van der Waals surface area contributed by atoms with Gasteiger partial charge >= 0.3 is 0 Å². The standard InChI is InChI=1S/C19H27N3O2/c23-15-18(17-6-8-20-9-7-17)21-10-12-22(13-11-21)19(24)14-16-4-2-1-3-5-16/h6-9,15-16,18H,1-5,10-14H2. The third-order valence-electron chi connectivity index (χ3n) is 5.42. The Morgan fingerprint density at radius 1 is 1.12 bits per heavy atom. The minimum Gasteiger partial charge on any atom is -0.340 e. The van der Waals surface area contributed by atoms with Crippen molar-refractivity contribution in [1.29, 1.82) is 0 Å². The SMILES string of the molecule is O=CC(c1ccncc1)N1CCN(C(=O)CC2CCCCC2)CC1. The summed E-state index contributed by atoms with van der Waals surface area (Å²) in [5.41, 5.74) is 0.974. The average Bonchev–Trinajstić information content (AvgIpc) is 2.65. The van der Waals surface area contributed by atoms with Gasteiger partial charge in [-0.2, -0.15) is 0 Å². The molecule has 5 heteroatoms. The van der Waals surface area contributed by atoms with Gasteiger partial charge in [-0.1, -0.05) is 19.3 Å². The fraction of sp³-hybridized carbons (Fsp3) is 0.632. The van der Waals surface area contributed by atoms with Crippen molar-refractivity contribution in [2.45, 2.75) is 44.6 Å². The number of hydrogen-bond donors (Lipinski definition) is 0. The van der Waals surface area contributed by atoms with Crippen molar-refractivity contribution in [3.8, 4) is 0 Å². The maximum atomic E-state index is 12.5. The van der Waals surface area contributed by atoms with Gasteiger partial charge in [-0.05, 0) is 36.5 Å². The van der Waals surface area contributed by atoms with Crippen LogP contribution in [0.1, 0.15) is 50.1 Å². The van der Waals surface area contributed by atoms with E-state index in [1.54, 1.807) is 12.4 Å². The molecule has 24 heavy (non-hydrogen) atoms. The van der Waals surface area contributed by atoms with E-state index in [1.165, 1.54) is 32.1 Å². The maximum absolute atomic E-state index is 12.5. The lowest BCUT2D eigenvalue weighted by Gasteiger charge is -2.38. The van der Waals surface area contributed by atoms with Crippen molar-refractivity contribution in [1.82, 2.24) is 14.8 Å². The Labute approximate surface area is 144 Å². The highest BCUT2D eigenvalue weighted by molar-refractivity contribution is 5.76. The van der Waals surface area contributed by atoms with E-state index in [1.807, 2.05) is 17.0 Å². The van der Waals surface area contributed by atoms with Gasteiger partial charge in [-0.15, -0.1) is 0 Å². The number of hydrogen-bond acceptors (Lipinski definition) is 4. The summed E-state index contributed by atoms with van der Waals surface area (Å²) in [6, 6.07) is 3.54. The summed E-state index contributed by atoms with van der Waals surface area (Å²) >= 11 is 0. The van der Waals surface area contributed by atoms with Gasteiger partial charge in [-0.25, -0.2) is 0 Å². The third-order valence-corrected chi connectivity index (χ3v) is 5.42. The molecule has 1 aromatic heterocycles. The molecule has 1 aromatic rings. The first-order valence-electron chi connectivity index (χ1n) is 9.15. The molecule has 1 aliphatic carbocycles. The van der Waals surface area contributed by atoms with Crippen molar-refractivity contribution in [2.75, 3.05) is 26.2 Å². The van der Waals surface area contributed by atoms with E-state index in [0.29, 0.717) is 18.2 Å². The van der Waals surface area contributed by atoms with Crippen molar-refractivity contribution in [3.05, 3.63) is 30.1 Å². The first kappa shape index (κ1) is 17.1. The smallest absolute Gasteiger partial charge is 0.222 e. The highest BCUT2D eigenvalue weighted by Gasteiger charge is 2.28. The summed E-state index contributed by atoms with van der Waals surface area (Å²) in [7, 11) is 0. The maximum Gasteiger partial charge on any atom is 0.222 e. The van der Waals surface area contributed by atoms with Gasteiger partial charge in [0.15, 0.2) is 0 Å². The molecule has 0 spiro atoms. The molecule has 0 bridgehead atoms. The number of aldehydes is 1. The molecule has 0 N–H and O–H groups in total. The molecule has 130 valence electrons. The second-order valence-electron chi connectivity index (χ2n) is 6.99. The zero-order valence-corrected chi connectivity index (χ0v) is 14.3. The van der Waals surface area contributed by atoms with Gasteiger partial charge in [0.05, 0.1) is 6.04 Å². The van der Waals surface area contributed by atoms with Crippen LogP contribution < -0.4 is 0 Å². The summed E-state index contributed by atoms with van der Waals surface area (Å²) < 4.78 is 0. The van der Waals surface area contributed by atoms with Crippen LogP contribution in [0.25, 0.3) is 0 Å². The number of rotatable bonds is 5. The van der Waals surface area contributed by atoms with Crippen molar-refractivity contribution in [2.24, 2.45) is 5.92 Å². The summed E-state index contributed by atoms with van der Waals surface area (Å²) in [6.07, 6.45) is 11.4. The number of carbonyl (C=O) groups excluding carboxylic acids is 2.